The minimum atomic E-state index is -0.175. The summed E-state index contributed by atoms with van der Waals surface area (Å²) >= 11 is 1.60. The molecule has 1 N–H and O–H groups in total. The number of hydrogen-bond acceptors (Lipinski definition) is 4. The predicted molar refractivity (Wildman–Crippen MR) is 97.0 cm³/mol. The van der Waals surface area contributed by atoms with E-state index in [1.807, 2.05) is 47.2 Å². The van der Waals surface area contributed by atoms with Gasteiger partial charge in [-0.3, -0.25) is 9.78 Å². The van der Waals surface area contributed by atoms with Crippen molar-refractivity contribution in [1.29, 1.82) is 0 Å². The maximum absolute atomic E-state index is 12.0. The summed E-state index contributed by atoms with van der Waals surface area (Å²) in [6.45, 7) is 0.434. The van der Waals surface area contributed by atoms with Gasteiger partial charge >= 0.3 is 0 Å². The van der Waals surface area contributed by atoms with Gasteiger partial charge in [-0.25, -0.2) is 0 Å². The van der Waals surface area contributed by atoms with Crippen LogP contribution in [0.4, 0.5) is 5.69 Å². The molecule has 5 heteroatoms. The average molecular weight is 336 g/mol. The molecule has 3 aromatic rings. The third-order valence-electron chi connectivity index (χ3n) is 3.20. The molecule has 1 aromatic carbocycles. The van der Waals surface area contributed by atoms with Crippen LogP contribution >= 0.6 is 11.3 Å². The Hall–Kier alpha value is -2.92. The monoisotopic (exact) mass is 336 g/mol. The number of amides is 1. The van der Waals surface area contributed by atoms with E-state index in [9.17, 15) is 4.79 Å². The number of carbonyl (C=O) groups excluding carboxylic acids is 1. The topological polar surface area (TPSA) is 51.2 Å². The van der Waals surface area contributed by atoms with Crippen LogP contribution in [0.3, 0.4) is 0 Å². The highest BCUT2D eigenvalue weighted by molar-refractivity contribution is 7.08. The smallest absolute Gasteiger partial charge is 0.248 e. The second kappa shape index (κ2) is 8.08. The first kappa shape index (κ1) is 16.0. The van der Waals surface area contributed by atoms with Crippen LogP contribution in [0.25, 0.3) is 6.08 Å². The summed E-state index contributed by atoms with van der Waals surface area (Å²) in [6, 6.07) is 13.1. The zero-order valence-corrected chi connectivity index (χ0v) is 13.7. The number of nitrogens with one attached hydrogen (secondary N) is 1. The van der Waals surface area contributed by atoms with Crippen molar-refractivity contribution >= 4 is 29.0 Å². The molecule has 4 nitrogen and oxygen atoms in total. The Morgan fingerprint density at radius 2 is 2.21 bits per heavy atom. The summed E-state index contributed by atoms with van der Waals surface area (Å²) in [5, 5.41) is 6.78. The minimum Gasteiger partial charge on any atom is -0.489 e. The standard InChI is InChI=1S/C19H16N2O2S/c22-19(7-6-15-8-10-24-14-15)21-17-4-1-5-18(11-17)23-13-16-3-2-9-20-12-16/h1-12,14H,13H2,(H,21,22)/b7-6+. The van der Waals surface area contributed by atoms with Crippen LogP contribution in [0, 0.1) is 0 Å². The molecule has 120 valence electrons. The molecule has 0 unspecified atom stereocenters. The fourth-order valence-corrected chi connectivity index (χ4v) is 2.67. The van der Waals surface area contributed by atoms with E-state index in [1.54, 1.807) is 35.9 Å². The quantitative estimate of drug-likeness (QED) is 0.680. The van der Waals surface area contributed by atoms with E-state index in [0.717, 1.165) is 11.1 Å². The van der Waals surface area contributed by atoms with Crippen molar-refractivity contribution in [1.82, 2.24) is 4.98 Å². The van der Waals surface area contributed by atoms with Crippen molar-refractivity contribution in [3.63, 3.8) is 0 Å². The summed E-state index contributed by atoms with van der Waals surface area (Å²) < 4.78 is 5.73. The normalized spacial score (nSPS) is 10.7. The van der Waals surface area contributed by atoms with Crippen LogP contribution in [-0.4, -0.2) is 10.9 Å². The van der Waals surface area contributed by atoms with E-state index >= 15 is 0 Å². The fraction of sp³-hybridized carbons (Fsp3) is 0.0526. The van der Waals surface area contributed by atoms with E-state index in [-0.39, 0.29) is 5.91 Å². The van der Waals surface area contributed by atoms with E-state index in [1.165, 1.54) is 6.08 Å². The van der Waals surface area contributed by atoms with Gasteiger partial charge in [0.15, 0.2) is 0 Å². The van der Waals surface area contributed by atoms with Gasteiger partial charge in [-0.2, -0.15) is 11.3 Å². The number of hydrogen-bond donors (Lipinski definition) is 1. The summed E-state index contributed by atoms with van der Waals surface area (Å²) in [4.78, 5) is 16.0. The number of carbonyl (C=O) groups is 1. The van der Waals surface area contributed by atoms with Crippen LogP contribution in [0.2, 0.25) is 0 Å². The molecule has 1 amide bonds. The van der Waals surface area contributed by atoms with Gasteiger partial charge in [0.25, 0.3) is 0 Å². The highest BCUT2D eigenvalue weighted by atomic mass is 32.1. The lowest BCUT2D eigenvalue weighted by Gasteiger charge is -2.08. The Morgan fingerprint density at radius 1 is 1.25 bits per heavy atom. The summed E-state index contributed by atoms with van der Waals surface area (Å²) in [5.74, 6) is 0.518. The second-order valence-corrected chi connectivity index (χ2v) is 5.84. The van der Waals surface area contributed by atoms with E-state index in [4.69, 9.17) is 4.74 Å². The first-order valence-corrected chi connectivity index (χ1v) is 8.37. The lowest BCUT2D eigenvalue weighted by molar-refractivity contribution is -0.111. The Morgan fingerprint density at radius 3 is 3.00 bits per heavy atom. The zero-order valence-electron chi connectivity index (χ0n) is 12.9. The van der Waals surface area contributed by atoms with Crippen molar-refractivity contribution in [3.05, 3.63) is 82.8 Å². The van der Waals surface area contributed by atoms with Crippen molar-refractivity contribution in [2.24, 2.45) is 0 Å². The van der Waals surface area contributed by atoms with Crippen LogP contribution < -0.4 is 10.1 Å². The molecule has 2 aromatic heterocycles. The lowest BCUT2D eigenvalue weighted by atomic mass is 10.2. The third-order valence-corrected chi connectivity index (χ3v) is 3.90. The van der Waals surface area contributed by atoms with Gasteiger partial charge in [0.05, 0.1) is 0 Å². The molecule has 3 rings (SSSR count). The van der Waals surface area contributed by atoms with Crippen LogP contribution in [0.5, 0.6) is 5.75 Å². The maximum Gasteiger partial charge on any atom is 0.248 e. The van der Waals surface area contributed by atoms with Crippen molar-refractivity contribution in [3.8, 4) is 5.75 Å². The second-order valence-electron chi connectivity index (χ2n) is 5.06. The lowest BCUT2D eigenvalue weighted by Crippen LogP contribution is -2.07. The number of aromatic nitrogens is 1. The average Bonchev–Trinajstić information content (AvgIpc) is 3.13. The number of thiophene rings is 1. The summed E-state index contributed by atoms with van der Waals surface area (Å²) in [7, 11) is 0. The van der Waals surface area contributed by atoms with Gasteiger partial charge < -0.3 is 10.1 Å². The molecule has 0 aliphatic carbocycles. The third kappa shape index (κ3) is 4.79. The predicted octanol–water partition coefficient (Wildman–Crippen LogP) is 4.37. The largest absolute Gasteiger partial charge is 0.489 e. The number of anilines is 1. The highest BCUT2D eigenvalue weighted by Gasteiger charge is 2.01. The van der Waals surface area contributed by atoms with E-state index in [2.05, 4.69) is 10.3 Å². The number of nitrogens with zero attached hydrogens (tertiary/aromatic N) is 1. The van der Waals surface area contributed by atoms with E-state index < -0.39 is 0 Å². The Bertz CT molecular complexity index is 814. The Labute approximate surface area is 144 Å². The van der Waals surface area contributed by atoms with Gasteiger partial charge in [-0.1, -0.05) is 12.1 Å². The molecule has 0 radical (unpaired) electrons. The molecule has 0 atom stereocenters. The van der Waals surface area contributed by atoms with Gasteiger partial charge in [0.2, 0.25) is 5.91 Å². The molecule has 2 heterocycles. The number of pyridine rings is 1. The summed E-state index contributed by atoms with van der Waals surface area (Å²) in [5.41, 5.74) is 2.70. The van der Waals surface area contributed by atoms with Crippen molar-refractivity contribution in [2.75, 3.05) is 5.32 Å². The molecule has 0 bridgehead atoms. The van der Waals surface area contributed by atoms with Gasteiger partial charge in [-0.15, -0.1) is 0 Å². The maximum atomic E-state index is 12.0. The molecule has 0 saturated heterocycles. The minimum absolute atomic E-state index is 0.175. The summed E-state index contributed by atoms with van der Waals surface area (Å²) in [6.07, 6.45) is 6.80. The van der Waals surface area contributed by atoms with E-state index in [0.29, 0.717) is 18.0 Å². The first-order chi connectivity index (χ1) is 11.8. The van der Waals surface area contributed by atoms with Gasteiger partial charge in [0, 0.05) is 35.8 Å². The zero-order chi connectivity index (χ0) is 16.6. The SMILES string of the molecule is O=C(/C=C/c1ccsc1)Nc1cccc(OCc2cccnc2)c1. The molecule has 24 heavy (non-hydrogen) atoms. The van der Waals surface area contributed by atoms with Crippen LogP contribution in [-0.2, 0) is 11.4 Å². The number of ether oxygens (including phenoxy) is 1. The number of rotatable bonds is 6. The van der Waals surface area contributed by atoms with Gasteiger partial charge in [0.1, 0.15) is 12.4 Å². The molecule has 0 aliphatic rings. The first-order valence-electron chi connectivity index (χ1n) is 7.43. The molecular weight excluding hydrogens is 320 g/mol. The Kier molecular flexibility index (Phi) is 5.37. The molecule has 0 spiro atoms. The fourth-order valence-electron chi connectivity index (χ4n) is 2.04. The van der Waals surface area contributed by atoms with Crippen molar-refractivity contribution < 1.29 is 9.53 Å². The van der Waals surface area contributed by atoms with Crippen molar-refractivity contribution in [2.45, 2.75) is 6.61 Å². The highest BCUT2D eigenvalue weighted by Crippen LogP contribution is 2.18. The van der Waals surface area contributed by atoms with Gasteiger partial charge in [-0.05, 0) is 46.7 Å². The Balaban J connectivity index is 1.57. The molecule has 0 aliphatic heterocycles. The van der Waals surface area contributed by atoms with Crippen LogP contribution in [0.15, 0.2) is 71.7 Å². The molecule has 0 saturated carbocycles. The van der Waals surface area contributed by atoms with Crippen LogP contribution in [0.1, 0.15) is 11.1 Å². The number of benzene rings is 1. The molecular formula is C19H16N2O2S. The molecule has 0 fully saturated rings.